The van der Waals surface area contributed by atoms with E-state index in [2.05, 4.69) is 4.99 Å². The number of nitrogens with two attached hydrogens (primary N) is 1. The quantitative estimate of drug-likeness (QED) is 0.402. The number of halogens is 7. The van der Waals surface area contributed by atoms with Crippen molar-refractivity contribution in [2.45, 2.75) is 17.5 Å². The molecule has 5 nitrogen and oxygen atoms in total. The van der Waals surface area contributed by atoms with Gasteiger partial charge in [0.25, 0.3) is 0 Å². The van der Waals surface area contributed by atoms with Gasteiger partial charge in [-0.15, -0.1) is 26.3 Å². The summed E-state index contributed by atoms with van der Waals surface area (Å²) in [6.07, 6.45) is -11.0. The predicted molar refractivity (Wildman–Crippen MR) is 102 cm³/mol. The van der Waals surface area contributed by atoms with E-state index in [1.54, 1.807) is 0 Å². The van der Waals surface area contributed by atoms with Crippen LogP contribution in [0.4, 0.5) is 30.7 Å². The number of aliphatic imine (C=N–C) groups is 1. The number of sulfone groups is 1. The SMILES string of the molecule is CS(=O)(=O)c1ccc(C2=C(c3ccc(F)cc3)[N+](C(F)(F)F)(C(F)(F)F)C(CN)=N2)cc1. The van der Waals surface area contributed by atoms with E-state index in [4.69, 9.17) is 5.73 Å². The fourth-order valence-electron chi connectivity index (χ4n) is 3.42. The highest BCUT2D eigenvalue weighted by molar-refractivity contribution is 7.90. The maximum atomic E-state index is 14.2. The van der Waals surface area contributed by atoms with Gasteiger partial charge in [0.2, 0.25) is 5.84 Å². The van der Waals surface area contributed by atoms with Gasteiger partial charge in [0.15, 0.2) is 15.5 Å². The Hall–Kier alpha value is -2.77. The molecule has 2 aromatic carbocycles. The average molecular weight is 482 g/mol. The molecule has 1 aliphatic heterocycles. The highest BCUT2D eigenvalue weighted by atomic mass is 32.2. The lowest BCUT2D eigenvalue weighted by atomic mass is 10.0. The largest absolute Gasteiger partial charge is 0.579 e. The molecule has 2 aromatic rings. The molecule has 0 atom stereocenters. The summed E-state index contributed by atoms with van der Waals surface area (Å²) >= 11 is 0. The normalized spacial score (nSPS) is 17.0. The van der Waals surface area contributed by atoms with Crippen molar-refractivity contribution in [1.82, 2.24) is 0 Å². The zero-order chi connectivity index (χ0) is 24.1. The summed E-state index contributed by atoms with van der Waals surface area (Å²) in [6.45, 7) is -1.19. The van der Waals surface area contributed by atoms with Gasteiger partial charge in [-0.05, 0) is 36.4 Å². The maximum Gasteiger partial charge on any atom is 0.579 e. The zero-order valence-corrected chi connectivity index (χ0v) is 17.0. The van der Waals surface area contributed by atoms with Crippen LogP contribution >= 0.6 is 0 Å². The van der Waals surface area contributed by atoms with E-state index in [9.17, 15) is 39.2 Å². The van der Waals surface area contributed by atoms with Crippen LogP contribution in [0.2, 0.25) is 0 Å². The molecule has 0 saturated heterocycles. The second-order valence-corrected chi connectivity index (χ2v) is 8.86. The van der Waals surface area contributed by atoms with E-state index in [1.165, 1.54) is 0 Å². The van der Waals surface area contributed by atoms with Gasteiger partial charge in [-0.25, -0.2) is 12.8 Å². The monoisotopic (exact) mass is 482 g/mol. The van der Waals surface area contributed by atoms with Crippen molar-refractivity contribution in [3.8, 4) is 0 Å². The molecular formula is C19H15F7N3O2S+. The van der Waals surface area contributed by atoms with Crippen LogP contribution in [0.15, 0.2) is 58.4 Å². The molecule has 0 fully saturated rings. The van der Waals surface area contributed by atoms with Gasteiger partial charge in [0, 0.05) is 17.4 Å². The van der Waals surface area contributed by atoms with Gasteiger partial charge in [-0.1, -0.05) is 16.6 Å². The molecule has 32 heavy (non-hydrogen) atoms. The molecule has 0 radical (unpaired) electrons. The van der Waals surface area contributed by atoms with Crippen molar-refractivity contribution >= 4 is 27.1 Å². The summed E-state index contributed by atoms with van der Waals surface area (Å²) < 4.78 is 118. The van der Waals surface area contributed by atoms with E-state index in [0.717, 1.165) is 42.7 Å². The van der Waals surface area contributed by atoms with Crippen molar-refractivity contribution in [3.05, 3.63) is 65.5 Å². The van der Waals surface area contributed by atoms with E-state index in [1.807, 2.05) is 0 Å². The van der Waals surface area contributed by atoms with Gasteiger partial charge >= 0.3 is 12.6 Å². The van der Waals surface area contributed by atoms with Crippen LogP contribution in [0.3, 0.4) is 0 Å². The molecule has 0 aromatic heterocycles. The number of benzene rings is 2. The molecule has 13 heteroatoms. The lowest BCUT2D eigenvalue weighted by Gasteiger charge is -2.37. The van der Waals surface area contributed by atoms with Crippen molar-refractivity contribution < 1.29 is 43.6 Å². The number of nitrogens with zero attached hydrogens (tertiary/aromatic N) is 2. The summed E-state index contributed by atoms with van der Waals surface area (Å²) in [7, 11) is -3.68. The first-order valence-corrected chi connectivity index (χ1v) is 10.7. The first-order chi connectivity index (χ1) is 14.6. The summed E-state index contributed by atoms with van der Waals surface area (Å²) in [5.74, 6) is -2.31. The van der Waals surface area contributed by atoms with Crippen LogP contribution in [0, 0.1) is 5.82 Å². The Morgan fingerprint density at radius 3 is 1.75 bits per heavy atom. The summed E-state index contributed by atoms with van der Waals surface area (Å²) in [5.41, 5.74) is 2.44. The fraction of sp³-hybridized carbons (Fsp3) is 0.211. The fourth-order valence-corrected chi connectivity index (χ4v) is 4.05. The highest BCUT2D eigenvalue weighted by Crippen LogP contribution is 2.55. The highest BCUT2D eigenvalue weighted by Gasteiger charge is 2.79. The van der Waals surface area contributed by atoms with Crippen molar-refractivity contribution in [3.63, 3.8) is 0 Å². The van der Waals surface area contributed by atoms with Gasteiger partial charge in [0.05, 0.1) is 11.4 Å². The maximum absolute atomic E-state index is 14.2. The number of hydrogen-bond acceptors (Lipinski definition) is 4. The van der Waals surface area contributed by atoms with Crippen molar-refractivity contribution in [1.29, 1.82) is 0 Å². The van der Waals surface area contributed by atoms with Gasteiger partial charge in [-0.3, -0.25) is 0 Å². The second-order valence-electron chi connectivity index (χ2n) is 6.84. The standard InChI is InChI=1S/C19H15F7N3O2S/c1-32(30,31)14-8-4-11(5-9-14)16-17(12-2-6-13(20)7-3-12)29(18(21,22)23,19(24,25)26)15(10-27)28-16/h2-9H,10,27H2,1H3/q+1. The van der Waals surface area contributed by atoms with Crippen LogP contribution in [-0.4, -0.2) is 44.1 Å². The number of hydrogen-bond donors (Lipinski definition) is 1. The summed E-state index contributed by atoms with van der Waals surface area (Å²) in [6, 6.07) is 7.13. The number of alkyl halides is 6. The number of quaternary nitrogens is 1. The molecular weight excluding hydrogens is 467 g/mol. The molecule has 0 aliphatic carbocycles. The van der Waals surface area contributed by atoms with Crippen LogP contribution in [0.25, 0.3) is 11.4 Å². The Balaban J connectivity index is 2.44. The average Bonchev–Trinajstić information content (AvgIpc) is 3.04. The molecule has 1 aliphatic rings. The van der Waals surface area contributed by atoms with Gasteiger partial charge in [0.1, 0.15) is 11.5 Å². The molecule has 0 bridgehead atoms. The van der Waals surface area contributed by atoms with Gasteiger partial charge in [-0.2, -0.15) is 4.99 Å². The van der Waals surface area contributed by atoms with E-state index < -0.39 is 62.1 Å². The molecule has 0 amide bonds. The van der Waals surface area contributed by atoms with Crippen molar-refractivity contribution in [2.24, 2.45) is 10.7 Å². The van der Waals surface area contributed by atoms with Crippen LogP contribution in [0.1, 0.15) is 11.1 Å². The predicted octanol–water partition coefficient (Wildman–Crippen LogP) is 4.28. The first kappa shape index (κ1) is 23.9. The van der Waals surface area contributed by atoms with Crippen LogP contribution < -0.4 is 5.73 Å². The third kappa shape index (κ3) is 3.69. The minimum absolute atomic E-state index is 0.196. The summed E-state index contributed by atoms with van der Waals surface area (Å²) in [5, 5.41) is 0. The van der Waals surface area contributed by atoms with Crippen LogP contribution in [0.5, 0.6) is 0 Å². The molecule has 0 unspecified atom stereocenters. The Bertz CT molecular complexity index is 1180. The molecule has 1 heterocycles. The van der Waals surface area contributed by atoms with E-state index >= 15 is 0 Å². The lowest BCUT2D eigenvalue weighted by Crippen LogP contribution is -2.67. The molecule has 0 saturated carbocycles. The Morgan fingerprint density at radius 2 is 1.34 bits per heavy atom. The van der Waals surface area contributed by atoms with Crippen LogP contribution in [-0.2, 0) is 9.84 Å². The van der Waals surface area contributed by atoms with E-state index in [0.29, 0.717) is 12.1 Å². The number of amidine groups is 1. The third-order valence-corrected chi connectivity index (χ3v) is 5.93. The topological polar surface area (TPSA) is 72.5 Å². The third-order valence-electron chi connectivity index (χ3n) is 4.80. The van der Waals surface area contributed by atoms with Crippen molar-refractivity contribution in [2.75, 3.05) is 12.8 Å². The summed E-state index contributed by atoms with van der Waals surface area (Å²) in [4.78, 5) is 3.40. The Labute approximate surface area is 177 Å². The smallest absolute Gasteiger partial charge is 0.321 e. The molecule has 172 valence electrons. The minimum Gasteiger partial charge on any atom is -0.321 e. The zero-order valence-electron chi connectivity index (χ0n) is 16.2. The van der Waals surface area contributed by atoms with Gasteiger partial charge < -0.3 is 5.73 Å². The second kappa shape index (κ2) is 7.67. The molecule has 2 N–H and O–H groups in total. The first-order valence-electron chi connectivity index (χ1n) is 8.76. The lowest BCUT2D eigenvalue weighted by molar-refractivity contribution is -0.990. The molecule has 3 rings (SSSR count). The number of rotatable bonds is 4. The Kier molecular flexibility index (Phi) is 5.73. The molecule has 0 spiro atoms. The minimum atomic E-state index is -5.95. The Morgan fingerprint density at radius 1 is 0.875 bits per heavy atom. The van der Waals surface area contributed by atoms with E-state index in [-0.39, 0.29) is 10.5 Å².